The van der Waals surface area contributed by atoms with E-state index in [-0.39, 0.29) is 6.04 Å². The number of aryl methyl sites for hydroxylation is 2. The van der Waals surface area contributed by atoms with Crippen molar-refractivity contribution in [3.63, 3.8) is 0 Å². The normalized spacial score (nSPS) is 12.4. The van der Waals surface area contributed by atoms with Crippen LogP contribution in [0.3, 0.4) is 0 Å². The number of halogens is 1. The molecule has 0 aliphatic rings. The van der Waals surface area contributed by atoms with Crippen LogP contribution >= 0.6 is 11.6 Å². The first-order valence-electron chi connectivity index (χ1n) is 6.53. The van der Waals surface area contributed by atoms with Crippen LogP contribution in [0.25, 0.3) is 0 Å². The number of pyridine rings is 1. The molecule has 0 radical (unpaired) electrons. The highest BCUT2D eigenvalue weighted by Gasteiger charge is 2.14. The number of aromatic nitrogens is 1. The van der Waals surface area contributed by atoms with Crippen LogP contribution in [0.4, 0.5) is 0 Å². The second kappa shape index (κ2) is 6.18. The third kappa shape index (κ3) is 3.55. The van der Waals surface area contributed by atoms with Crippen LogP contribution in [0.1, 0.15) is 35.3 Å². The van der Waals surface area contributed by atoms with Crippen LogP contribution < -0.4 is 5.32 Å². The fourth-order valence-corrected chi connectivity index (χ4v) is 2.44. The fraction of sp³-hybridized carbons (Fsp3) is 0.312. The van der Waals surface area contributed by atoms with E-state index >= 15 is 0 Å². The molecule has 0 aliphatic carbocycles. The molecule has 0 amide bonds. The lowest BCUT2D eigenvalue weighted by molar-refractivity contribution is 0.615. The molecule has 1 N–H and O–H groups in total. The van der Waals surface area contributed by atoms with E-state index in [4.69, 9.17) is 11.6 Å². The summed E-state index contributed by atoms with van der Waals surface area (Å²) in [5, 5.41) is 4.15. The van der Waals surface area contributed by atoms with Crippen molar-refractivity contribution in [1.82, 2.24) is 10.3 Å². The van der Waals surface area contributed by atoms with Gasteiger partial charge in [-0.1, -0.05) is 47.9 Å². The molecule has 1 aromatic carbocycles. The third-order valence-corrected chi connectivity index (χ3v) is 3.26. The Labute approximate surface area is 119 Å². The number of rotatable bonds is 4. The summed E-state index contributed by atoms with van der Waals surface area (Å²) in [6.45, 7) is 7.23. The summed E-state index contributed by atoms with van der Waals surface area (Å²) in [7, 11) is 0. The average Bonchev–Trinajstić information content (AvgIpc) is 2.36. The number of nitrogens with one attached hydrogen (secondary N) is 1. The van der Waals surface area contributed by atoms with Gasteiger partial charge >= 0.3 is 0 Å². The first-order valence-corrected chi connectivity index (χ1v) is 6.91. The van der Waals surface area contributed by atoms with E-state index in [0.29, 0.717) is 5.02 Å². The van der Waals surface area contributed by atoms with Gasteiger partial charge in [-0.3, -0.25) is 4.98 Å². The lowest BCUT2D eigenvalue weighted by Crippen LogP contribution is -2.23. The summed E-state index contributed by atoms with van der Waals surface area (Å²) in [6, 6.07) is 10.6. The molecule has 2 rings (SSSR count). The number of nitrogens with zero attached hydrogens (tertiary/aromatic N) is 1. The van der Waals surface area contributed by atoms with Crippen LogP contribution in [-0.4, -0.2) is 11.5 Å². The zero-order chi connectivity index (χ0) is 13.8. The molecular formula is C16H19ClN2. The van der Waals surface area contributed by atoms with Gasteiger partial charge in [0.05, 0.1) is 16.8 Å². The van der Waals surface area contributed by atoms with E-state index in [0.717, 1.165) is 12.2 Å². The van der Waals surface area contributed by atoms with E-state index in [9.17, 15) is 0 Å². The Hall–Kier alpha value is -1.38. The van der Waals surface area contributed by atoms with Crippen LogP contribution in [0.5, 0.6) is 0 Å². The predicted octanol–water partition coefficient (Wildman–Crippen LogP) is 4.05. The molecule has 2 aromatic rings. The van der Waals surface area contributed by atoms with Gasteiger partial charge in [0.2, 0.25) is 0 Å². The van der Waals surface area contributed by atoms with Crippen molar-refractivity contribution < 1.29 is 0 Å². The van der Waals surface area contributed by atoms with Crippen LogP contribution in [0, 0.1) is 13.8 Å². The molecular weight excluding hydrogens is 256 g/mol. The Balaban J connectivity index is 2.41. The number of benzene rings is 1. The van der Waals surface area contributed by atoms with Crippen LogP contribution in [0.2, 0.25) is 5.02 Å². The van der Waals surface area contributed by atoms with Gasteiger partial charge in [0.15, 0.2) is 0 Å². The van der Waals surface area contributed by atoms with Gasteiger partial charge in [-0.05, 0) is 38.1 Å². The monoisotopic (exact) mass is 274 g/mol. The van der Waals surface area contributed by atoms with Crippen molar-refractivity contribution >= 4 is 11.6 Å². The maximum absolute atomic E-state index is 5.91. The molecule has 0 spiro atoms. The highest BCUT2D eigenvalue weighted by Crippen LogP contribution is 2.23. The third-order valence-electron chi connectivity index (χ3n) is 3.03. The van der Waals surface area contributed by atoms with Crippen molar-refractivity contribution in [1.29, 1.82) is 0 Å². The molecule has 1 heterocycles. The van der Waals surface area contributed by atoms with E-state index in [1.54, 1.807) is 6.20 Å². The minimum atomic E-state index is 0.112. The van der Waals surface area contributed by atoms with Gasteiger partial charge in [-0.2, -0.15) is 0 Å². The molecule has 0 saturated heterocycles. The van der Waals surface area contributed by atoms with E-state index in [2.05, 4.69) is 49.3 Å². The molecule has 0 bridgehead atoms. The molecule has 0 aliphatic heterocycles. The Morgan fingerprint density at radius 1 is 1.16 bits per heavy atom. The zero-order valence-corrected chi connectivity index (χ0v) is 12.3. The van der Waals surface area contributed by atoms with Crippen molar-refractivity contribution in [2.75, 3.05) is 6.54 Å². The van der Waals surface area contributed by atoms with Crippen molar-refractivity contribution in [2.45, 2.75) is 26.8 Å². The number of hydrogen-bond donors (Lipinski definition) is 1. The predicted molar refractivity (Wildman–Crippen MR) is 80.7 cm³/mol. The SMILES string of the molecule is CCNC(c1cc(C)cc(C)c1)c1ccc(Cl)cn1. The van der Waals surface area contributed by atoms with Gasteiger partial charge in [0.25, 0.3) is 0 Å². The summed E-state index contributed by atoms with van der Waals surface area (Å²) < 4.78 is 0. The maximum atomic E-state index is 5.91. The van der Waals surface area contributed by atoms with Crippen molar-refractivity contribution in [2.24, 2.45) is 0 Å². The lowest BCUT2D eigenvalue weighted by atomic mass is 9.98. The smallest absolute Gasteiger partial charge is 0.0751 e. The largest absolute Gasteiger partial charge is 0.305 e. The van der Waals surface area contributed by atoms with E-state index < -0.39 is 0 Å². The summed E-state index contributed by atoms with van der Waals surface area (Å²) in [4.78, 5) is 4.44. The first-order chi connectivity index (χ1) is 9.10. The lowest BCUT2D eigenvalue weighted by Gasteiger charge is -2.19. The Bertz CT molecular complexity index is 529. The van der Waals surface area contributed by atoms with Gasteiger partial charge in [-0.15, -0.1) is 0 Å². The average molecular weight is 275 g/mol. The summed E-state index contributed by atoms with van der Waals surface area (Å²) in [6.07, 6.45) is 1.70. The van der Waals surface area contributed by atoms with Crippen LogP contribution in [-0.2, 0) is 0 Å². The molecule has 0 saturated carbocycles. The Morgan fingerprint density at radius 2 is 1.84 bits per heavy atom. The summed E-state index contributed by atoms with van der Waals surface area (Å²) in [5.74, 6) is 0. The van der Waals surface area contributed by atoms with E-state index in [1.165, 1.54) is 16.7 Å². The molecule has 19 heavy (non-hydrogen) atoms. The quantitative estimate of drug-likeness (QED) is 0.910. The minimum Gasteiger partial charge on any atom is -0.305 e. The maximum Gasteiger partial charge on any atom is 0.0751 e. The standard InChI is InChI=1S/C16H19ClN2/c1-4-18-16(15-6-5-14(17)10-19-15)13-8-11(2)7-12(3)9-13/h5-10,16,18H,4H2,1-3H3. The Morgan fingerprint density at radius 3 is 2.37 bits per heavy atom. The number of hydrogen-bond acceptors (Lipinski definition) is 2. The highest BCUT2D eigenvalue weighted by molar-refractivity contribution is 6.30. The molecule has 0 fully saturated rings. The molecule has 1 aromatic heterocycles. The molecule has 2 nitrogen and oxygen atoms in total. The highest BCUT2D eigenvalue weighted by atomic mass is 35.5. The summed E-state index contributed by atoms with van der Waals surface area (Å²) >= 11 is 5.91. The van der Waals surface area contributed by atoms with Gasteiger partial charge in [0.1, 0.15) is 0 Å². The van der Waals surface area contributed by atoms with E-state index in [1.807, 2.05) is 12.1 Å². The van der Waals surface area contributed by atoms with Crippen LogP contribution in [0.15, 0.2) is 36.5 Å². The molecule has 3 heteroatoms. The Kier molecular flexibility index (Phi) is 4.56. The van der Waals surface area contributed by atoms with Gasteiger partial charge in [-0.25, -0.2) is 0 Å². The summed E-state index contributed by atoms with van der Waals surface area (Å²) in [5.41, 5.74) is 4.78. The molecule has 1 unspecified atom stereocenters. The second-order valence-corrected chi connectivity index (χ2v) is 5.25. The minimum absolute atomic E-state index is 0.112. The topological polar surface area (TPSA) is 24.9 Å². The molecule has 1 atom stereocenters. The van der Waals surface area contributed by atoms with Crippen molar-refractivity contribution in [3.05, 3.63) is 63.9 Å². The first kappa shape index (κ1) is 14.0. The van der Waals surface area contributed by atoms with Gasteiger partial charge < -0.3 is 5.32 Å². The molecule has 100 valence electrons. The van der Waals surface area contributed by atoms with Crippen molar-refractivity contribution in [3.8, 4) is 0 Å². The second-order valence-electron chi connectivity index (χ2n) is 4.81. The fourth-order valence-electron chi connectivity index (χ4n) is 2.33. The zero-order valence-electron chi connectivity index (χ0n) is 11.6. The van der Waals surface area contributed by atoms with Gasteiger partial charge in [0, 0.05) is 6.20 Å².